The number of hydrogen-bond donors (Lipinski definition) is 1. The van der Waals surface area contributed by atoms with Crippen molar-refractivity contribution in [2.24, 2.45) is 5.10 Å². The summed E-state index contributed by atoms with van der Waals surface area (Å²) in [7, 11) is 0. The van der Waals surface area contributed by atoms with Crippen LogP contribution in [-0.2, 0) is 16.1 Å². The van der Waals surface area contributed by atoms with Crippen LogP contribution in [0.5, 0.6) is 5.88 Å². The summed E-state index contributed by atoms with van der Waals surface area (Å²) < 4.78 is 6.03. The molecule has 0 atom stereocenters. The Labute approximate surface area is 169 Å². The Morgan fingerprint density at radius 3 is 2.69 bits per heavy atom. The molecule has 1 saturated carbocycles. The van der Waals surface area contributed by atoms with Crippen molar-refractivity contribution in [3.05, 3.63) is 54.2 Å². The molecule has 1 aromatic heterocycles. The minimum atomic E-state index is -0.283. The SMILES string of the molecule is O=C(NCc1cccnc1OC1CCCC1)C1=NN(c2ccccc2)C(=O)CC1. The normalized spacial score (nSPS) is 17.2. The van der Waals surface area contributed by atoms with E-state index in [1.165, 1.54) is 17.9 Å². The van der Waals surface area contributed by atoms with Gasteiger partial charge in [0.15, 0.2) is 0 Å². The molecular weight excluding hydrogens is 368 g/mol. The highest BCUT2D eigenvalue weighted by Gasteiger charge is 2.26. The summed E-state index contributed by atoms with van der Waals surface area (Å²) in [6.07, 6.45) is 6.93. The van der Waals surface area contributed by atoms with E-state index >= 15 is 0 Å². The Balaban J connectivity index is 1.43. The molecule has 2 amide bonds. The molecule has 1 aliphatic carbocycles. The van der Waals surface area contributed by atoms with Crippen molar-refractivity contribution in [1.82, 2.24) is 10.3 Å². The van der Waals surface area contributed by atoms with Crippen LogP contribution < -0.4 is 15.1 Å². The molecule has 1 N–H and O–H groups in total. The molecule has 4 rings (SSSR count). The van der Waals surface area contributed by atoms with Gasteiger partial charge in [-0.05, 0) is 43.9 Å². The van der Waals surface area contributed by atoms with E-state index in [9.17, 15) is 9.59 Å². The number of aromatic nitrogens is 1. The topological polar surface area (TPSA) is 83.9 Å². The molecule has 1 aromatic carbocycles. The second-order valence-corrected chi connectivity index (χ2v) is 7.26. The average molecular weight is 392 g/mol. The first kappa shape index (κ1) is 19.1. The molecule has 1 fully saturated rings. The third kappa shape index (κ3) is 4.62. The molecule has 7 heteroatoms. The van der Waals surface area contributed by atoms with Gasteiger partial charge in [0.05, 0.1) is 5.69 Å². The molecule has 2 aliphatic rings. The average Bonchev–Trinajstić information content (AvgIpc) is 3.27. The molecule has 2 heterocycles. The van der Waals surface area contributed by atoms with Crippen LogP contribution >= 0.6 is 0 Å². The Morgan fingerprint density at radius 1 is 1.10 bits per heavy atom. The molecule has 2 aromatic rings. The largest absolute Gasteiger partial charge is 0.474 e. The van der Waals surface area contributed by atoms with Crippen LogP contribution in [0.1, 0.15) is 44.1 Å². The zero-order valence-electron chi connectivity index (χ0n) is 16.2. The number of para-hydroxylation sites is 1. The predicted octanol–water partition coefficient (Wildman–Crippen LogP) is 3.20. The number of hydrazone groups is 1. The maximum atomic E-state index is 12.7. The fourth-order valence-corrected chi connectivity index (χ4v) is 3.59. The van der Waals surface area contributed by atoms with Gasteiger partial charge in [0, 0.05) is 31.1 Å². The zero-order valence-corrected chi connectivity index (χ0v) is 16.2. The maximum Gasteiger partial charge on any atom is 0.267 e. The third-order valence-electron chi connectivity index (χ3n) is 5.17. The molecule has 29 heavy (non-hydrogen) atoms. The lowest BCUT2D eigenvalue weighted by atomic mass is 10.1. The molecule has 0 spiro atoms. The smallest absolute Gasteiger partial charge is 0.267 e. The first-order chi connectivity index (χ1) is 14.2. The number of carbonyl (C=O) groups excluding carboxylic acids is 2. The van der Waals surface area contributed by atoms with E-state index in [2.05, 4.69) is 15.4 Å². The fraction of sp³-hybridized carbons (Fsp3) is 0.364. The van der Waals surface area contributed by atoms with Crippen molar-refractivity contribution in [3.8, 4) is 5.88 Å². The summed E-state index contributed by atoms with van der Waals surface area (Å²) in [5, 5.41) is 8.49. The lowest BCUT2D eigenvalue weighted by Crippen LogP contribution is -2.39. The van der Waals surface area contributed by atoms with Crippen LogP contribution in [0.4, 0.5) is 5.69 Å². The van der Waals surface area contributed by atoms with Crippen molar-refractivity contribution < 1.29 is 14.3 Å². The minimum Gasteiger partial charge on any atom is -0.474 e. The number of pyridine rings is 1. The van der Waals surface area contributed by atoms with E-state index in [4.69, 9.17) is 4.74 Å². The summed E-state index contributed by atoms with van der Waals surface area (Å²) in [4.78, 5) is 29.2. The number of carbonyl (C=O) groups is 2. The van der Waals surface area contributed by atoms with Gasteiger partial charge in [-0.1, -0.05) is 24.3 Å². The molecule has 150 valence electrons. The number of ether oxygens (including phenoxy) is 1. The number of rotatable bonds is 6. The Bertz CT molecular complexity index is 907. The zero-order chi connectivity index (χ0) is 20.1. The van der Waals surface area contributed by atoms with Crippen LogP contribution in [0.15, 0.2) is 53.8 Å². The van der Waals surface area contributed by atoms with Crippen molar-refractivity contribution in [2.45, 2.75) is 51.2 Å². The van der Waals surface area contributed by atoms with Gasteiger partial charge in [-0.3, -0.25) is 9.59 Å². The van der Waals surface area contributed by atoms with Gasteiger partial charge in [0.1, 0.15) is 11.8 Å². The predicted molar refractivity (Wildman–Crippen MR) is 110 cm³/mol. The fourth-order valence-electron chi connectivity index (χ4n) is 3.59. The van der Waals surface area contributed by atoms with Gasteiger partial charge in [-0.25, -0.2) is 9.99 Å². The maximum absolute atomic E-state index is 12.7. The van der Waals surface area contributed by atoms with Gasteiger partial charge < -0.3 is 10.1 Å². The lowest BCUT2D eigenvalue weighted by Gasteiger charge is -2.23. The van der Waals surface area contributed by atoms with E-state index in [-0.39, 0.29) is 24.3 Å². The summed E-state index contributed by atoms with van der Waals surface area (Å²) in [6.45, 7) is 0.299. The van der Waals surface area contributed by atoms with Crippen LogP contribution in [0.2, 0.25) is 0 Å². The molecule has 0 saturated heterocycles. The number of nitrogens with one attached hydrogen (secondary N) is 1. The quantitative estimate of drug-likeness (QED) is 0.818. The summed E-state index contributed by atoms with van der Waals surface area (Å²) in [5.41, 5.74) is 1.83. The van der Waals surface area contributed by atoms with Crippen molar-refractivity contribution >= 4 is 23.2 Å². The van der Waals surface area contributed by atoms with Gasteiger partial charge in [0.25, 0.3) is 5.91 Å². The van der Waals surface area contributed by atoms with E-state index in [0.717, 1.165) is 18.4 Å². The van der Waals surface area contributed by atoms with E-state index < -0.39 is 0 Å². The molecule has 7 nitrogen and oxygen atoms in total. The third-order valence-corrected chi connectivity index (χ3v) is 5.17. The number of anilines is 1. The van der Waals surface area contributed by atoms with Gasteiger partial charge in [-0.15, -0.1) is 0 Å². The summed E-state index contributed by atoms with van der Waals surface area (Å²) >= 11 is 0. The van der Waals surface area contributed by atoms with E-state index in [1.807, 2.05) is 30.3 Å². The van der Waals surface area contributed by atoms with Crippen molar-refractivity contribution in [2.75, 3.05) is 5.01 Å². The lowest BCUT2D eigenvalue weighted by molar-refractivity contribution is -0.119. The van der Waals surface area contributed by atoms with Crippen molar-refractivity contribution in [1.29, 1.82) is 0 Å². The van der Waals surface area contributed by atoms with Crippen LogP contribution in [0, 0.1) is 0 Å². The Hall–Kier alpha value is -3.22. The Kier molecular flexibility index (Phi) is 5.84. The van der Waals surface area contributed by atoms with E-state index in [0.29, 0.717) is 30.2 Å². The van der Waals surface area contributed by atoms with Crippen LogP contribution in [-0.4, -0.2) is 28.6 Å². The molecule has 0 bridgehead atoms. The van der Waals surface area contributed by atoms with Gasteiger partial charge in [0.2, 0.25) is 11.8 Å². The molecule has 0 radical (unpaired) electrons. The summed E-state index contributed by atoms with van der Waals surface area (Å²) in [5.74, 6) is 0.174. The molecule has 0 unspecified atom stereocenters. The molecule has 1 aliphatic heterocycles. The number of benzene rings is 1. The first-order valence-corrected chi connectivity index (χ1v) is 10.0. The van der Waals surface area contributed by atoms with Gasteiger partial charge in [-0.2, -0.15) is 5.10 Å². The Morgan fingerprint density at radius 2 is 1.90 bits per heavy atom. The first-order valence-electron chi connectivity index (χ1n) is 10.0. The standard InChI is InChI=1S/C22H24N4O3/c27-20-13-12-19(25-26(20)17-8-2-1-3-9-17)21(28)24-15-16-7-6-14-23-22(16)29-18-10-4-5-11-18/h1-3,6-9,14,18H,4-5,10-13,15H2,(H,24,28). The highest BCUT2D eigenvalue weighted by Crippen LogP contribution is 2.25. The number of nitrogens with zero attached hydrogens (tertiary/aromatic N) is 3. The molecular formula is C22H24N4O3. The van der Waals surface area contributed by atoms with E-state index in [1.54, 1.807) is 18.3 Å². The van der Waals surface area contributed by atoms with Crippen LogP contribution in [0.3, 0.4) is 0 Å². The monoisotopic (exact) mass is 392 g/mol. The van der Waals surface area contributed by atoms with Gasteiger partial charge >= 0.3 is 0 Å². The number of hydrogen-bond acceptors (Lipinski definition) is 5. The highest BCUT2D eigenvalue weighted by molar-refractivity contribution is 6.40. The highest BCUT2D eigenvalue weighted by atomic mass is 16.5. The van der Waals surface area contributed by atoms with Crippen molar-refractivity contribution in [3.63, 3.8) is 0 Å². The second kappa shape index (κ2) is 8.86. The minimum absolute atomic E-state index is 0.118. The number of amides is 2. The second-order valence-electron chi connectivity index (χ2n) is 7.26. The summed E-state index contributed by atoms with van der Waals surface area (Å²) in [6, 6.07) is 12.9. The van der Waals surface area contributed by atoms with Crippen LogP contribution in [0.25, 0.3) is 0 Å².